The van der Waals surface area contributed by atoms with Gasteiger partial charge in [0.25, 0.3) is 5.91 Å². The van der Waals surface area contributed by atoms with E-state index in [1.54, 1.807) is 0 Å². The fourth-order valence-corrected chi connectivity index (χ4v) is 2.89. The van der Waals surface area contributed by atoms with Crippen LogP contribution < -0.4 is 0 Å². The lowest BCUT2D eigenvalue weighted by Gasteiger charge is -2.32. The molecular formula is C18H23NO2. The van der Waals surface area contributed by atoms with Crippen LogP contribution in [0.25, 0.3) is 0 Å². The number of likely N-dealkylation sites (tertiary alicyclic amines) is 1. The molecule has 3 nitrogen and oxygen atoms in total. The maximum absolute atomic E-state index is 12.7. The van der Waals surface area contributed by atoms with E-state index in [0.29, 0.717) is 11.5 Å². The smallest absolute Gasteiger partial charge is 0.253 e. The van der Waals surface area contributed by atoms with E-state index < -0.39 is 0 Å². The van der Waals surface area contributed by atoms with Crippen LogP contribution in [0.5, 0.6) is 0 Å². The van der Waals surface area contributed by atoms with Crippen molar-refractivity contribution < 1.29 is 9.90 Å². The number of hydrogen-bond acceptors (Lipinski definition) is 2. The molecule has 1 aliphatic rings. The lowest BCUT2D eigenvalue weighted by Crippen LogP contribution is -2.39. The molecule has 1 amide bonds. The minimum atomic E-state index is -0.165. The molecule has 1 aromatic carbocycles. The highest BCUT2D eigenvalue weighted by Gasteiger charge is 2.23. The van der Waals surface area contributed by atoms with Gasteiger partial charge in [0.2, 0.25) is 0 Å². The molecule has 3 heteroatoms. The van der Waals surface area contributed by atoms with Crippen molar-refractivity contribution in [3.63, 3.8) is 0 Å². The van der Waals surface area contributed by atoms with Gasteiger partial charge in [-0.1, -0.05) is 25.2 Å². The van der Waals surface area contributed by atoms with Gasteiger partial charge in [-0.15, -0.1) is 0 Å². The van der Waals surface area contributed by atoms with E-state index in [9.17, 15) is 4.79 Å². The van der Waals surface area contributed by atoms with Crippen LogP contribution in [0.1, 0.15) is 47.7 Å². The van der Waals surface area contributed by atoms with E-state index in [4.69, 9.17) is 5.11 Å². The van der Waals surface area contributed by atoms with Crippen LogP contribution in [0.3, 0.4) is 0 Å². The predicted molar refractivity (Wildman–Crippen MR) is 84.1 cm³/mol. The number of aryl methyl sites for hydroxylation is 1. The van der Waals surface area contributed by atoms with Crippen LogP contribution in [-0.4, -0.2) is 35.6 Å². The number of benzene rings is 1. The summed E-state index contributed by atoms with van der Waals surface area (Å²) in [6.45, 7) is 5.70. The van der Waals surface area contributed by atoms with Gasteiger partial charge < -0.3 is 10.0 Å². The van der Waals surface area contributed by atoms with Gasteiger partial charge in [-0.2, -0.15) is 0 Å². The minimum absolute atomic E-state index is 0.101. The van der Waals surface area contributed by atoms with Crippen molar-refractivity contribution in [2.75, 3.05) is 19.7 Å². The Bertz CT molecular complexity index is 568. The highest BCUT2D eigenvalue weighted by molar-refractivity contribution is 5.94. The Morgan fingerprint density at radius 3 is 2.95 bits per heavy atom. The van der Waals surface area contributed by atoms with Gasteiger partial charge >= 0.3 is 0 Å². The zero-order chi connectivity index (χ0) is 15.2. The molecule has 1 heterocycles. The van der Waals surface area contributed by atoms with Crippen LogP contribution in [0.4, 0.5) is 0 Å². The fraction of sp³-hybridized carbons (Fsp3) is 0.500. The fourth-order valence-electron chi connectivity index (χ4n) is 2.89. The lowest BCUT2D eigenvalue weighted by atomic mass is 9.95. The van der Waals surface area contributed by atoms with Crippen LogP contribution in [0.15, 0.2) is 18.2 Å². The van der Waals surface area contributed by atoms with Gasteiger partial charge in [0.05, 0.1) is 0 Å². The molecule has 0 aliphatic carbocycles. The first-order valence-corrected chi connectivity index (χ1v) is 7.64. The summed E-state index contributed by atoms with van der Waals surface area (Å²) < 4.78 is 0. The Morgan fingerprint density at radius 2 is 2.24 bits per heavy atom. The Hall–Kier alpha value is -1.79. The molecule has 0 bridgehead atoms. The van der Waals surface area contributed by atoms with Crippen LogP contribution >= 0.6 is 0 Å². The van der Waals surface area contributed by atoms with Gasteiger partial charge in [-0.05, 0) is 49.4 Å². The van der Waals surface area contributed by atoms with Gasteiger partial charge in [0.1, 0.15) is 6.61 Å². The molecule has 1 unspecified atom stereocenters. The second kappa shape index (κ2) is 7.28. The highest BCUT2D eigenvalue weighted by Crippen LogP contribution is 2.21. The summed E-state index contributed by atoms with van der Waals surface area (Å²) in [6, 6.07) is 5.68. The number of aliphatic hydroxyl groups is 1. The summed E-state index contributed by atoms with van der Waals surface area (Å²) in [5, 5.41) is 8.79. The topological polar surface area (TPSA) is 40.5 Å². The third kappa shape index (κ3) is 4.09. The first-order chi connectivity index (χ1) is 10.1. The molecule has 0 aromatic heterocycles. The molecule has 1 aromatic rings. The standard InChI is InChI=1S/C18H23NO2/c1-3-15-6-4-8-19(13-15)18(21)17-11-14(2)10-16(12-17)7-5-9-20/h10-12,15,20H,3-4,6,8-9,13H2,1-2H3. The van der Waals surface area contributed by atoms with E-state index in [2.05, 4.69) is 18.8 Å². The first kappa shape index (κ1) is 15.6. The van der Waals surface area contributed by atoms with Crippen molar-refractivity contribution in [3.05, 3.63) is 34.9 Å². The van der Waals surface area contributed by atoms with E-state index in [0.717, 1.165) is 37.1 Å². The molecule has 21 heavy (non-hydrogen) atoms. The number of nitrogens with zero attached hydrogens (tertiary/aromatic N) is 1. The molecule has 1 aliphatic heterocycles. The quantitative estimate of drug-likeness (QED) is 0.849. The van der Waals surface area contributed by atoms with Gasteiger partial charge in [0.15, 0.2) is 0 Å². The highest BCUT2D eigenvalue weighted by atomic mass is 16.2. The molecule has 2 rings (SSSR count). The van der Waals surface area contributed by atoms with Gasteiger partial charge in [-0.25, -0.2) is 0 Å². The number of rotatable bonds is 2. The van der Waals surface area contributed by atoms with E-state index in [-0.39, 0.29) is 12.5 Å². The normalized spacial score (nSPS) is 18.0. The Kier molecular flexibility index (Phi) is 5.41. The molecular weight excluding hydrogens is 262 g/mol. The lowest BCUT2D eigenvalue weighted by molar-refractivity contribution is 0.0671. The van der Waals surface area contributed by atoms with Crippen molar-refractivity contribution in [2.45, 2.75) is 33.1 Å². The van der Waals surface area contributed by atoms with E-state index in [1.807, 2.05) is 30.0 Å². The number of amides is 1. The molecule has 0 saturated carbocycles. The Labute approximate surface area is 127 Å². The molecule has 1 atom stereocenters. The average molecular weight is 285 g/mol. The molecule has 0 radical (unpaired) electrons. The zero-order valence-electron chi connectivity index (χ0n) is 12.9. The number of aliphatic hydroxyl groups excluding tert-OH is 1. The number of carbonyl (C=O) groups is 1. The van der Waals surface area contributed by atoms with Crippen LogP contribution in [0, 0.1) is 24.7 Å². The van der Waals surface area contributed by atoms with Crippen molar-refractivity contribution >= 4 is 5.91 Å². The number of piperidine rings is 1. The third-order valence-corrected chi connectivity index (χ3v) is 4.02. The van der Waals surface area contributed by atoms with E-state index >= 15 is 0 Å². The number of hydrogen-bond donors (Lipinski definition) is 1. The van der Waals surface area contributed by atoms with Crippen molar-refractivity contribution in [1.29, 1.82) is 0 Å². The van der Waals surface area contributed by atoms with Crippen molar-refractivity contribution in [1.82, 2.24) is 4.90 Å². The predicted octanol–water partition coefficient (Wildman–Crippen LogP) is 2.60. The Balaban J connectivity index is 2.20. The molecule has 1 fully saturated rings. The van der Waals surface area contributed by atoms with Crippen LogP contribution in [0.2, 0.25) is 0 Å². The van der Waals surface area contributed by atoms with Crippen LogP contribution in [-0.2, 0) is 0 Å². The maximum Gasteiger partial charge on any atom is 0.253 e. The van der Waals surface area contributed by atoms with Crippen molar-refractivity contribution in [2.24, 2.45) is 5.92 Å². The summed E-state index contributed by atoms with van der Waals surface area (Å²) in [4.78, 5) is 14.6. The monoisotopic (exact) mass is 285 g/mol. The molecule has 1 N–H and O–H groups in total. The zero-order valence-corrected chi connectivity index (χ0v) is 12.9. The summed E-state index contributed by atoms with van der Waals surface area (Å²) in [5.74, 6) is 6.24. The minimum Gasteiger partial charge on any atom is -0.384 e. The van der Waals surface area contributed by atoms with Gasteiger partial charge in [-0.3, -0.25) is 4.79 Å². The second-order valence-electron chi connectivity index (χ2n) is 5.72. The second-order valence-corrected chi connectivity index (χ2v) is 5.72. The summed E-state index contributed by atoms with van der Waals surface area (Å²) in [5.41, 5.74) is 2.51. The van der Waals surface area contributed by atoms with E-state index in [1.165, 1.54) is 6.42 Å². The summed E-state index contributed by atoms with van der Waals surface area (Å²) in [6.07, 6.45) is 3.44. The van der Waals surface area contributed by atoms with Crippen molar-refractivity contribution in [3.8, 4) is 11.8 Å². The largest absolute Gasteiger partial charge is 0.384 e. The summed E-state index contributed by atoms with van der Waals surface area (Å²) in [7, 11) is 0. The molecule has 0 spiro atoms. The van der Waals surface area contributed by atoms with Gasteiger partial charge in [0, 0.05) is 24.2 Å². The SMILES string of the molecule is CCC1CCCN(C(=O)c2cc(C)cc(C#CCO)c2)C1. The third-order valence-electron chi connectivity index (χ3n) is 4.02. The molecule has 1 saturated heterocycles. The first-order valence-electron chi connectivity index (χ1n) is 7.64. The maximum atomic E-state index is 12.7. The average Bonchev–Trinajstić information content (AvgIpc) is 2.51. The number of carbonyl (C=O) groups excluding carboxylic acids is 1. The Morgan fingerprint density at radius 1 is 1.43 bits per heavy atom. The summed E-state index contributed by atoms with van der Waals surface area (Å²) >= 11 is 0. The molecule has 112 valence electrons.